The van der Waals surface area contributed by atoms with Gasteiger partial charge in [-0.1, -0.05) is 13.8 Å². The van der Waals surface area contributed by atoms with E-state index in [9.17, 15) is 18.5 Å². The largest absolute Gasteiger partial charge is 0.399 e. The van der Waals surface area contributed by atoms with E-state index < -0.39 is 31.6 Å². The van der Waals surface area contributed by atoms with Gasteiger partial charge in [-0.25, -0.2) is 13.1 Å². The molecule has 0 radical (unpaired) electrons. The van der Waals surface area contributed by atoms with Gasteiger partial charge >= 0.3 is 0 Å². The Morgan fingerprint density at radius 1 is 1.43 bits per heavy atom. The highest BCUT2D eigenvalue weighted by atomic mass is 32.2. The van der Waals surface area contributed by atoms with Crippen molar-refractivity contribution in [2.75, 3.05) is 19.5 Å². The number of sulfonamides is 1. The summed E-state index contributed by atoms with van der Waals surface area (Å²) in [6.45, 7) is 3.81. The molecule has 1 unspecified atom stereocenters. The maximum atomic E-state index is 12.3. The van der Waals surface area contributed by atoms with Gasteiger partial charge in [0.2, 0.25) is 10.0 Å². The summed E-state index contributed by atoms with van der Waals surface area (Å²) in [4.78, 5) is 9.81. The van der Waals surface area contributed by atoms with Gasteiger partial charge in [0.05, 0.1) is 11.5 Å². The van der Waals surface area contributed by atoms with Gasteiger partial charge in [-0.15, -0.1) is 0 Å². The van der Waals surface area contributed by atoms with Crippen molar-refractivity contribution in [2.24, 2.45) is 5.92 Å². The quantitative estimate of drug-likeness (QED) is 0.441. The molecule has 3 N–H and O–H groups in total. The van der Waals surface area contributed by atoms with Crippen LogP contribution in [0.3, 0.4) is 0 Å². The first-order valence-electron chi connectivity index (χ1n) is 6.24. The summed E-state index contributed by atoms with van der Waals surface area (Å²) >= 11 is 0. The van der Waals surface area contributed by atoms with E-state index in [0.717, 1.165) is 12.1 Å². The van der Waals surface area contributed by atoms with Gasteiger partial charge in [-0.3, -0.25) is 10.1 Å². The van der Waals surface area contributed by atoms with E-state index in [2.05, 4.69) is 4.72 Å². The molecule has 0 aliphatic carbocycles. The summed E-state index contributed by atoms with van der Waals surface area (Å²) in [6, 6.07) is 2.97. The fourth-order valence-corrected chi connectivity index (χ4v) is 3.23. The Hall–Kier alpha value is -1.71. The number of hydrogen-bond donors (Lipinski definition) is 2. The monoisotopic (exact) mass is 317 g/mol. The summed E-state index contributed by atoms with van der Waals surface area (Å²) in [5, 5.41) is 11.0. The number of nitro groups is 1. The molecule has 1 atom stereocenters. The van der Waals surface area contributed by atoms with Gasteiger partial charge < -0.3 is 10.5 Å². The molecule has 0 bridgehead atoms. The van der Waals surface area contributed by atoms with Crippen LogP contribution in [-0.2, 0) is 14.8 Å². The van der Waals surface area contributed by atoms with Crippen LogP contribution in [0.2, 0.25) is 0 Å². The van der Waals surface area contributed by atoms with Gasteiger partial charge in [-0.05, 0) is 18.1 Å². The number of rotatable bonds is 7. The van der Waals surface area contributed by atoms with Gasteiger partial charge in [0.15, 0.2) is 4.90 Å². The molecule has 1 aromatic rings. The van der Waals surface area contributed by atoms with Crippen LogP contribution >= 0.6 is 0 Å². The van der Waals surface area contributed by atoms with E-state index in [1.807, 2.05) is 13.8 Å². The van der Waals surface area contributed by atoms with Gasteiger partial charge in [-0.2, -0.15) is 0 Å². The molecule has 0 aromatic heterocycles. The summed E-state index contributed by atoms with van der Waals surface area (Å²) in [5.74, 6) is -0.0347. The minimum absolute atomic E-state index is 0.0347. The van der Waals surface area contributed by atoms with Crippen molar-refractivity contribution < 1.29 is 18.1 Å². The fourth-order valence-electron chi connectivity index (χ4n) is 1.71. The van der Waals surface area contributed by atoms with Crippen molar-refractivity contribution in [2.45, 2.75) is 24.8 Å². The van der Waals surface area contributed by atoms with Crippen LogP contribution in [0, 0.1) is 16.0 Å². The number of hydrogen-bond acceptors (Lipinski definition) is 6. The maximum absolute atomic E-state index is 12.3. The van der Waals surface area contributed by atoms with E-state index in [4.69, 9.17) is 10.5 Å². The summed E-state index contributed by atoms with van der Waals surface area (Å²) < 4.78 is 32.1. The molecule has 1 rings (SSSR count). The molecule has 0 spiro atoms. The lowest BCUT2D eigenvalue weighted by molar-refractivity contribution is -0.387. The Labute approximate surface area is 123 Å². The van der Waals surface area contributed by atoms with Crippen molar-refractivity contribution in [3.05, 3.63) is 28.3 Å². The Morgan fingerprint density at radius 2 is 2.05 bits per heavy atom. The van der Waals surface area contributed by atoms with Crippen molar-refractivity contribution in [3.63, 3.8) is 0 Å². The van der Waals surface area contributed by atoms with E-state index in [1.165, 1.54) is 13.2 Å². The molecule has 118 valence electrons. The average Bonchev–Trinajstić information content (AvgIpc) is 2.37. The number of methoxy groups -OCH3 is 1. The first kappa shape index (κ1) is 17.3. The van der Waals surface area contributed by atoms with Crippen LogP contribution < -0.4 is 10.5 Å². The van der Waals surface area contributed by atoms with Crippen LogP contribution in [-0.4, -0.2) is 33.1 Å². The number of nitrogens with zero attached hydrogens (tertiary/aromatic N) is 1. The third kappa shape index (κ3) is 4.38. The predicted octanol–water partition coefficient (Wildman–Crippen LogP) is 1.13. The third-order valence-corrected chi connectivity index (χ3v) is 4.46. The standard InChI is InChI=1S/C12H19N3O5S/c1-8(2)10(7-20-3)14-21(18,19)12-5-4-9(13)6-11(12)15(16)17/h4-6,8,10,14H,7,13H2,1-3H3. The topological polar surface area (TPSA) is 125 Å². The normalized spacial score (nSPS) is 13.3. The molecule has 0 saturated carbocycles. The predicted molar refractivity (Wildman–Crippen MR) is 78.3 cm³/mol. The summed E-state index contributed by atoms with van der Waals surface area (Å²) in [7, 11) is -2.59. The van der Waals surface area contributed by atoms with Gasteiger partial charge in [0.1, 0.15) is 0 Å². The fraction of sp³-hybridized carbons (Fsp3) is 0.500. The lowest BCUT2D eigenvalue weighted by Crippen LogP contribution is -2.41. The highest BCUT2D eigenvalue weighted by Gasteiger charge is 2.29. The van der Waals surface area contributed by atoms with Crippen molar-refractivity contribution in [1.29, 1.82) is 0 Å². The van der Waals surface area contributed by atoms with Crippen LogP contribution in [0.5, 0.6) is 0 Å². The molecule has 8 nitrogen and oxygen atoms in total. The maximum Gasteiger partial charge on any atom is 0.291 e. The Balaban J connectivity index is 3.22. The smallest absolute Gasteiger partial charge is 0.291 e. The second-order valence-corrected chi connectivity index (χ2v) is 6.59. The molecule has 1 aromatic carbocycles. The van der Waals surface area contributed by atoms with Crippen LogP contribution in [0.25, 0.3) is 0 Å². The number of benzene rings is 1. The number of nitro benzene ring substituents is 1. The van der Waals surface area contributed by atoms with E-state index in [0.29, 0.717) is 0 Å². The zero-order valence-electron chi connectivity index (χ0n) is 12.1. The van der Waals surface area contributed by atoms with Crippen LogP contribution in [0.4, 0.5) is 11.4 Å². The summed E-state index contributed by atoms with van der Waals surface area (Å²) in [5.41, 5.74) is 5.04. The highest BCUT2D eigenvalue weighted by Crippen LogP contribution is 2.26. The lowest BCUT2D eigenvalue weighted by atomic mass is 10.1. The number of nitrogen functional groups attached to an aromatic ring is 1. The number of ether oxygens (including phenoxy) is 1. The van der Waals surface area contributed by atoms with E-state index in [-0.39, 0.29) is 18.2 Å². The van der Waals surface area contributed by atoms with Gasteiger partial charge in [0, 0.05) is 24.9 Å². The number of anilines is 1. The Kier molecular flexibility index (Phi) is 5.64. The summed E-state index contributed by atoms with van der Waals surface area (Å²) in [6.07, 6.45) is 0. The van der Waals surface area contributed by atoms with Gasteiger partial charge in [0.25, 0.3) is 5.69 Å². The molecular formula is C12H19N3O5S. The first-order valence-corrected chi connectivity index (χ1v) is 7.72. The molecule has 0 saturated heterocycles. The molecule has 0 aliphatic heterocycles. The molecule has 0 amide bonds. The van der Waals surface area contributed by atoms with Crippen molar-refractivity contribution in [1.82, 2.24) is 4.72 Å². The molecule has 0 heterocycles. The third-order valence-electron chi connectivity index (χ3n) is 2.93. The first-order chi connectivity index (χ1) is 9.69. The molecule has 21 heavy (non-hydrogen) atoms. The molecule has 0 aliphatic rings. The second kappa shape index (κ2) is 6.83. The minimum atomic E-state index is -4.05. The number of nitrogens with one attached hydrogen (secondary N) is 1. The zero-order valence-corrected chi connectivity index (χ0v) is 12.9. The molecule has 9 heteroatoms. The SMILES string of the molecule is COCC(NS(=O)(=O)c1ccc(N)cc1[N+](=O)[O-])C(C)C. The van der Waals surface area contributed by atoms with Crippen molar-refractivity contribution in [3.8, 4) is 0 Å². The van der Waals surface area contributed by atoms with Crippen LogP contribution in [0.1, 0.15) is 13.8 Å². The molecular weight excluding hydrogens is 298 g/mol. The molecule has 0 fully saturated rings. The Bertz CT molecular complexity index is 615. The minimum Gasteiger partial charge on any atom is -0.399 e. The van der Waals surface area contributed by atoms with Crippen molar-refractivity contribution >= 4 is 21.4 Å². The Morgan fingerprint density at radius 3 is 2.52 bits per heavy atom. The average molecular weight is 317 g/mol. The lowest BCUT2D eigenvalue weighted by Gasteiger charge is -2.21. The second-order valence-electron chi connectivity index (χ2n) is 4.91. The van der Waals surface area contributed by atoms with Crippen LogP contribution in [0.15, 0.2) is 23.1 Å². The highest BCUT2D eigenvalue weighted by molar-refractivity contribution is 7.89. The van der Waals surface area contributed by atoms with E-state index >= 15 is 0 Å². The van der Waals surface area contributed by atoms with E-state index in [1.54, 1.807) is 0 Å². The number of nitrogens with two attached hydrogens (primary N) is 1. The zero-order chi connectivity index (χ0) is 16.2.